The van der Waals surface area contributed by atoms with E-state index in [0.717, 1.165) is 0 Å². The van der Waals surface area contributed by atoms with Crippen LogP contribution in [0.5, 0.6) is 0 Å². The molecule has 234 valence electrons. The molecule has 4 aromatic rings. The first kappa shape index (κ1) is 32.0. The normalized spacial score (nSPS) is 34.3. The van der Waals surface area contributed by atoms with Gasteiger partial charge in [-0.15, -0.1) is 0 Å². The molecule has 0 aromatic heterocycles. The smallest absolute Gasteiger partial charge is 1.00 e. The van der Waals surface area contributed by atoms with Crippen LogP contribution in [0.3, 0.4) is 0 Å². The van der Waals surface area contributed by atoms with Crippen LogP contribution in [0.15, 0.2) is 119 Å². The first-order valence-corrected chi connectivity index (χ1v) is 26.5. The third kappa shape index (κ3) is 2.77. The molecule has 2 fully saturated rings. The van der Waals surface area contributed by atoms with Gasteiger partial charge in [-0.25, -0.2) is 0 Å². The molecule has 4 atom stereocenters. The van der Waals surface area contributed by atoms with Gasteiger partial charge in [0.15, 0.2) is 0 Å². The van der Waals surface area contributed by atoms with E-state index >= 15 is 0 Å². The Balaban J connectivity index is 0.00000162. The minimum Gasteiger partial charge on any atom is -1.00 e. The summed E-state index contributed by atoms with van der Waals surface area (Å²) in [5.74, 6) is 0. The Morgan fingerprint density at radius 1 is 0.383 bits per heavy atom. The summed E-state index contributed by atoms with van der Waals surface area (Å²) in [6.45, 7) is 16.0. The molecule has 6 aliphatic rings. The van der Waals surface area contributed by atoms with Crippen LogP contribution in [0.25, 0.3) is 24.3 Å². The van der Waals surface area contributed by atoms with Crippen molar-refractivity contribution in [3.8, 4) is 0 Å². The molecule has 47 heavy (non-hydrogen) atoms. The minimum atomic E-state index is -4.02. The van der Waals surface area contributed by atoms with E-state index in [1.807, 2.05) is 0 Å². The molecule has 0 bridgehead atoms. The number of benzene rings is 4. The second-order valence-electron chi connectivity index (χ2n) is 15.1. The maximum absolute atomic E-state index is 4.02. The van der Waals surface area contributed by atoms with Crippen LogP contribution in [0.2, 0.25) is 13.1 Å². The average molecular weight is 763 g/mol. The first-order valence-electron chi connectivity index (χ1n) is 16.9. The summed E-state index contributed by atoms with van der Waals surface area (Å²) in [4.78, 5) is 0. The van der Waals surface area contributed by atoms with Crippen LogP contribution >= 0.6 is 0 Å². The number of fused-ring (bicyclic) bond motifs is 12. The van der Waals surface area contributed by atoms with E-state index in [0.29, 0.717) is 0 Å². The predicted molar refractivity (Wildman–Crippen MR) is 193 cm³/mol. The number of halogens is 2. The van der Waals surface area contributed by atoms with Gasteiger partial charge in [-0.1, -0.05) is 0 Å². The van der Waals surface area contributed by atoms with Crippen LogP contribution in [0, 0.1) is 0 Å². The molecule has 4 unspecified atom stereocenters. The van der Waals surface area contributed by atoms with E-state index < -0.39 is 37.9 Å². The van der Waals surface area contributed by atoms with E-state index in [4.69, 9.17) is 0 Å². The van der Waals surface area contributed by atoms with Crippen LogP contribution in [0.1, 0.15) is 72.2 Å². The van der Waals surface area contributed by atoms with Crippen LogP contribution in [0.4, 0.5) is 0 Å². The maximum Gasteiger partial charge on any atom is -1.00 e. The molecular weight excluding hydrogens is 723 g/mol. The van der Waals surface area contributed by atoms with Gasteiger partial charge in [0.1, 0.15) is 0 Å². The van der Waals surface area contributed by atoms with Crippen molar-refractivity contribution >= 4 is 41.9 Å². The van der Waals surface area contributed by atoms with Gasteiger partial charge in [0.2, 0.25) is 0 Å². The summed E-state index contributed by atoms with van der Waals surface area (Å²) >= 11 is -4.02. The third-order valence-electron chi connectivity index (χ3n) is 14.5. The molecule has 4 aromatic carbocycles. The fourth-order valence-corrected chi connectivity index (χ4v) is 86.9. The van der Waals surface area contributed by atoms with Gasteiger partial charge in [0.25, 0.3) is 0 Å². The molecule has 0 radical (unpaired) electrons. The molecule has 0 saturated carbocycles. The van der Waals surface area contributed by atoms with E-state index in [2.05, 4.69) is 162 Å². The summed E-state index contributed by atoms with van der Waals surface area (Å²) in [5.41, 5.74) is 19.8. The topological polar surface area (TPSA) is 0 Å². The Hall–Kier alpha value is -2.26. The molecule has 2 aliphatic heterocycles. The van der Waals surface area contributed by atoms with Crippen molar-refractivity contribution in [3.63, 3.8) is 0 Å². The maximum atomic E-state index is 2.83. The Kier molecular flexibility index (Phi) is 6.75. The molecule has 0 N–H and O–H groups in total. The fourth-order valence-electron chi connectivity index (χ4n) is 14.1. The summed E-state index contributed by atoms with van der Waals surface area (Å²) in [5, 5.41) is 0. The van der Waals surface area contributed by atoms with E-state index in [1.54, 1.807) is 44.5 Å². The van der Waals surface area contributed by atoms with E-state index in [1.165, 1.54) is 22.3 Å². The summed E-state index contributed by atoms with van der Waals surface area (Å²) < 4.78 is 0.875. The fraction of sp³-hybridized carbons (Fsp3) is 0.238. The van der Waals surface area contributed by atoms with Crippen LogP contribution in [-0.4, -0.2) is 17.6 Å². The van der Waals surface area contributed by atoms with Crippen molar-refractivity contribution in [2.45, 2.75) is 51.8 Å². The zero-order valence-electron chi connectivity index (χ0n) is 28.0. The van der Waals surface area contributed by atoms with Crippen molar-refractivity contribution in [1.82, 2.24) is 0 Å². The van der Waals surface area contributed by atoms with Gasteiger partial charge in [-0.3, -0.25) is 0 Å². The summed E-state index contributed by atoms with van der Waals surface area (Å²) in [6, 6.07) is 38.8. The minimum absolute atomic E-state index is 0. The standard InChI is InChI=1S/2C21H20Si.2ClH.Zr/c2*1-14-12-16-8-4-6-10-18(16)20(14)22(3)21-15(2)13-17-9-5-7-11-19(17)21;;;/h2*4-13,22H,1-3H3;2*1H;/q;;;;+2/p-2. The molecule has 2 heterocycles. The zero-order chi connectivity index (χ0) is 30.7. The molecule has 2 saturated heterocycles. The SMILES string of the molecule is CC1=Cc2ccccc2[C]12[SiH](C)[C]1(C(C)=Cc3ccccc31)[Zr+2]21[C]2(C(C)=Cc3ccccc32)[SiH](C)[C]12C(C)=Cc1ccccc12.[Cl-].[Cl-]. The second kappa shape index (κ2) is 9.92. The van der Waals surface area contributed by atoms with Crippen molar-refractivity contribution < 1.29 is 45.1 Å². The number of hydrogen-bond acceptors (Lipinski definition) is 0. The third-order valence-corrected chi connectivity index (χ3v) is 63.9. The number of allylic oxidation sites excluding steroid dienone is 4. The molecule has 4 aliphatic carbocycles. The molecule has 5 heteroatoms. The Morgan fingerprint density at radius 2 is 0.596 bits per heavy atom. The molecule has 0 amide bonds. The van der Waals surface area contributed by atoms with Crippen molar-refractivity contribution in [2.24, 2.45) is 0 Å². The van der Waals surface area contributed by atoms with E-state index in [9.17, 15) is 0 Å². The molecule has 10 rings (SSSR count). The predicted octanol–water partition coefficient (Wildman–Crippen LogP) is 3.30. The monoisotopic (exact) mass is 760 g/mol. The van der Waals surface area contributed by atoms with Gasteiger partial charge in [0, 0.05) is 0 Å². The summed E-state index contributed by atoms with van der Waals surface area (Å²) in [6.07, 6.45) is 10.7. The zero-order valence-corrected chi connectivity index (χ0v) is 34.2. The Bertz CT molecular complexity index is 1890. The van der Waals surface area contributed by atoms with Crippen molar-refractivity contribution in [2.75, 3.05) is 0 Å². The van der Waals surface area contributed by atoms with Gasteiger partial charge >= 0.3 is 278 Å². The van der Waals surface area contributed by atoms with Crippen molar-refractivity contribution in [1.29, 1.82) is 0 Å². The van der Waals surface area contributed by atoms with Gasteiger partial charge < -0.3 is 24.8 Å². The molecule has 5 spiro atoms. The molecular formula is C42H40Cl2Si2Zr. The van der Waals surface area contributed by atoms with Crippen LogP contribution in [-0.2, 0) is 31.3 Å². The summed E-state index contributed by atoms with van der Waals surface area (Å²) in [7, 11) is -3.15. The van der Waals surface area contributed by atoms with Crippen LogP contribution < -0.4 is 24.8 Å². The number of rotatable bonds is 0. The molecule has 0 nitrogen and oxygen atoms in total. The van der Waals surface area contributed by atoms with Gasteiger partial charge in [-0.2, -0.15) is 0 Å². The Labute approximate surface area is 300 Å². The Morgan fingerprint density at radius 3 is 0.830 bits per heavy atom. The van der Waals surface area contributed by atoms with Gasteiger partial charge in [0.05, 0.1) is 0 Å². The van der Waals surface area contributed by atoms with E-state index in [-0.39, 0.29) is 35.8 Å². The van der Waals surface area contributed by atoms with Crippen molar-refractivity contribution in [3.05, 3.63) is 164 Å². The largest absolute Gasteiger partial charge is 1.00 e. The van der Waals surface area contributed by atoms with Gasteiger partial charge in [-0.05, 0) is 0 Å². The quantitative estimate of drug-likeness (QED) is 0.242. The average Bonchev–Trinajstić information content (AvgIpc) is 3.74. The number of hydrogen-bond donors (Lipinski definition) is 0. The first-order chi connectivity index (χ1) is 21.8. The second-order valence-corrected chi connectivity index (χ2v) is 38.6.